The van der Waals surface area contributed by atoms with Gasteiger partial charge in [-0.2, -0.15) is 0 Å². The molecule has 0 aliphatic rings. The first-order valence-electron chi connectivity index (χ1n) is 12.8. The molecule has 2 heterocycles. The number of para-hydroxylation sites is 1. The number of hydrogen-bond donors (Lipinski definition) is 1. The summed E-state index contributed by atoms with van der Waals surface area (Å²) in [5.74, 6) is 1.13. The van der Waals surface area contributed by atoms with Gasteiger partial charge in [0.15, 0.2) is 11.5 Å². The number of anilines is 2. The van der Waals surface area contributed by atoms with Crippen molar-refractivity contribution < 1.29 is 14.2 Å². The Bertz CT molecular complexity index is 1790. The van der Waals surface area contributed by atoms with E-state index in [2.05, 4.69) is 9.97 Å². The summed E-state index contributed by atoms with van der Waals surface area (Å²) in [5, 5.41) is 11.8. The van der Waals surface area contributed by atoms with Gasteiger partial charge < -0.3 is 25.2 Å². The number of rotatable bonds is 8. The predicted molar refractivity (Wildman–Crippen MR) is 158 cm³/mol. The highest BCUT2D eigenvalue weighted by molar-refractivity contribution is 6.01. The molecule has 11 heteroatoms. The number of amides is 1. The van der Waals surface area contributed by atoms with Gasteiger partial charge in [0.25, 0.3) is 5.91 Å². The monoisotopic (exact) mass is 551 g/mol. The van der Waals surface area contributed by atoms with Gasteiger partial charge in [0.05, 0.1) is 32.0 Å². The fourth-order valence-electron chi connectivity index (χ4n) is 4.29. The number of fused-ring (bicyclic) bond motifs is 1. The predicted octanol–water partition coefficient (Wildman–Crippen LogP) is 4.04. The minimum atomic E-state index is -0.538. The van der Waals surface area contributed by atoms with Gasteiger partial charge in [0, 0.05) is 18.8 Å². The number of nitrogens with zero attached hydrogens (tertiary/aromatic N) is 6. The van der Waals surface area contributed by atoms with Gasteiger partial charge in [-0.25, -0.2) is 19.3 Å². The van der Waals surface area contributed by atoms with Crippen molar-refractivity contribution in [1.82, 2.24) is 19.1 Å². The van der Waals surface area contributed by atoms with Gasteiger partial charge in [-0.3, -0.25) is 9.36 Å². The summed E-state index contributed by atoms with van der Waals surface area (Å²) in [6.45, 7) is 0.162. The lowest BCUT2D eigenvalue weighted by atomic mass is 10.2. The van der Waals surface area contributed by atoms with E-state index in [1.807, 2.05) is 30.3 Å². The molecule has 0 atom stereocenters. The van der Waals surface area contributed by atoms with Crippen molar-refractivity contribution in [2.75, 3.05) is 38.3 Å². The highest BCUT2D eigenvalue weighted by Gasteiger charge is 2.21. The second-order valence-electron chi connectivity index (χ2n) is 9.87. The lowest BCUT2D eigenvalue weighted by Gasteiger charge is -2.32. The number of nitrogen functional groups attached to an aromatic ring is 1. The Kier molecular flexibility index (Phi) is 7.38. The first-order valence-corrected chi connectivity index (χ1v) is 12.8. The minimum absolute atomic E-state index is 0.142. The van der Waals surface area contributed by atoms with Crippen molar-refractivity contribution in [3.05, 3.63) is 113 Å². The Morgan fingerprint density at radius 2 is 1.68 bits per heavy atom. The molecule has 2 N–H and O–H groups in total. The molecule has 208 valence electrons. The van der Waals surface area contributed by atoms with E-state index in [4.69, 9.17) is 10.5 Å². The van der Waals surface area contributed by atoms with Crippen molar-refractivity contribution in [1.29, 1.82) is 0 Å². The molecule has 5 rings (SSSR count). The number of likely N-dealkylation sites (N-methyl/N-ethyl adjacent to an activating group) is 2. The minimum Gasteiger partial charge on any atom is -0.633 e. The average Bonchev–Trinajstić information content (AvgIpc) is 3.26. The van der Waals surface area contributed by atoms with E-state index >= 15 is 0 Å². The molecule has 0 spiro atoms. The smallest absolute Gasteiger partial charge is 0.339 e. The number of benzene rings is 3. The first kappa shape index (κ1) is 27.3. The topological polar surface area (TPSA) is 131 Å². The lowest BCUT2D eigenvalue weighted by Crippen LogP contribution is -2.32. The standard InChI is InChI=1S/C30H29N7O4/c1-34(26(38)13-8-18-37(2,3)40)22-9-7-10-23(19-22)36-29-27(28(31)32-20-33-29)35(30(36)39)21-14-16-25(17-15-21)41-24-11-5-4-6-12-24/h4-17,19-20H,18H2,1-3H3,(H2,31,32,33)/b13-8+. The summed E-state index contributed by atoms with van der Waals surface area (Å²) in [6, 6.07) is 23.4. The number of quaternary nitrogens is 1. The molecule has 0 fully saturated rings. The van der Waals surface area contributed by atoms with Gasteiger partial charge in [0.1, 0.15) is 23.3 Å². The number of carbonyl (C=O) groups is 1. The van der Waals surface area contributed by atoms with Crippen molar-refractivity contribution in [2.24, 2.45) is 0 Å². The molecule has 41 heavy (non-hydrogen) atoms. The third-order valence-corrected chi connectivity index (χ3v) is 6.33. The normalized spacial score (nSPS) is 11.7. The Morgan fingerprint density at radius 1 is 0.976 bits per heavy atom. The SMILES string of the molecule is CN(C(=O)/C=C/C[N+](C)(C)[O-])c1cccc(-n2c(=O)n(-c3ccc(Oc4ccccc4)cc3)c3c(N)ncnc32)c1. The van der Waals surface area contributed by atoms with Gasteiger partial charge in [-0.05, 0) is 60.7 Å². The molecule has 11 nitrogen and oxygen atoms in total. The quantitative estimate of drug-likeness (QED) is 0.175. The zero-order valence-corrected chi connectivity index (χ0v) is 22.8. The maximum Gasteiger partial charge on any atom is 0.339 e. The van der Waals surface area contributed by atoms with Crippen LogP contribution in [-0.2, 0) is 4.79 Å². The number of hydroxylamine groups is 3. The van der Waals surface area contributed by atoms with E-state index < -0.39 is 10.3 Å². The van der Waals surface area contributed by atoms with Crippen LogP contribution in [0.15, 0.2) is 102 Å². The summed E-state index contributed by atoms with van der Waals surface area (Å²) >= 11 is 0. The van der Waals surface area contributed by atoms with Crippen molar-refractivity contribution in [3.63, 3.8) is 0 Å². The molecule has 0 saturated heterocycles. The number of ether oxygens (including phenoxy) is 1. The first-order chi connectivity index (χ1) is 19.6. The number of carbonyl (C=O) groups excluding carboxylic acids is 1. The molecule has 0 aliphatic heterocycles. The van der Waals surface area contributed by atoms with Crippen LogP contribution in [0, 0.1) is 5.21 Å². The van der Waals surface area contributed by atoms with Crippen LogP contribution in [0.1, 0.15) is 0 Å². The zero-order valence-electron chi connectivity index (χ0n) is 22.8. The molecule has 0 bridgehead atoms. The number of nitrogens with two attached hydrogens (primary N) is 1. The van der Waals surface area contributed by atoms with Gasteiger partial charge in [0.2, 0.25) is 0 Å². The largest absolute Gasteiger partial charge is 0.633 e. The number of aromatic nitrogens is 4. The van der Waals surface area contributed by atoms with E-state index in [-0.39, 0.29) is 18.3 Å². The van der Waals surface area contributed by atoms with E-state index in [9.17, 15) is 14.8 Å². The van der Waals surface area contributed by atoms with Crippen molar-refractivity contribution in [3.8, 4) is 22.9 Å². The van der Waals surface area contributed by atoms with Crippen molar-refractivity contribution >= 4 is 28.6 Å². The molecule has 1 amide bonds. The summed E-state index contributed by atoms with van der Waals surface area (Å²) < 4.78 is 8.22. The highest BCUT2D eigenvalue weighted by atomic mass is 16.5. The third-order valence-electron chi connectivity index (χ3n) is 6.33. The Hall–Kier alpha value is -5.26. The van der Waals surface area contributed by atoms with E-state index in [0.717, 1.165) is 0 Å². The van der Waals surface area contributed by atoms with Crippen LogP contribution in [0.2, 0.25) is 0 Å². The van der Waals surface area contributed by atoms with E-state index in [1.54, 1.807) is 61.7 Å². The summed E-state index contributed by atoms with van der Waals surface area (Å²) in [7, 11) is 4.62. The zero-order chi connectivity index (χ0) is 29.1. The van der Waals surface area contributed by atoms with Crippen LogP contribution >= 0.6 is 0 Å². The molecular weight excluding hydrogens is 522 g/mol. The third kappa shape index (κ3) is 5.86. The second kappa shape index (κ2) is 11.1. The molecule has 3 aromatic carbocycles. The van der Waals surface area contributed by atoms with Gasteiger partial charge in [-0.1, -0.05) is 24.3 Å². The van der Waals surface area contributed by atoms with Crippen molar-refractivity contribution in [2.45, 2.75) is 0 Å². The number of imidazole rings is 1. The van der Waals surface area contributed by atoms with Crippen LogP contribution in [0.4, 0.5) is 11.5 Å². The van der Waals surface area contributed by atoms with Gasteiger partial charge in [-0.15, -0.1) is 0 Å². The van der Waals surface area contributed by atoms with E-state index in [0.29, 0.717) is 39.7 Å². The van der Waals surface area contributed by atoms with Crippen LogP contribution in [-0.4, -0.2) is 57.3 Å². The average molecular weight is 552 g/mol. The molecule has 0 saturated carbocycles. The lowest BCUT2D eigenvalue weighted by molar-refractivity contribution is -0.833. The molecule has 2 aromatic heterocycles. The highest BCUT2D eigenvalue weighted by Crippen LogP contribution is 2.27. The summed E-state index contributed by atoms with van der Waals surface area (Å²) in [5.41, 5.74) is 8.08. The second-order valence-corrected chi connectivity index (χ2v) is 9.87. The molecule has 5 aromatic rings. The van der Waals surface area contributed by atoms with Crippen LogP contribution in [0.3, 0.4) is 0 Å². The fraction of sp³-hybridized carbons (Fsp3) is 0.133. The summed E-state index contributed by atoms with van der Waals surface area (Å²) in [6.07, 6.45) is 4.21. The van der Waals surface area contributed by atoms with E-state index in [1.165, 1.54) is 40.5 Å². The Morgan fingerprint density at radius 3 is 2.39 bits per heavy atom. The van der Waals surface area contributed by atoms with Crippen LogP contribution in [0.5, 0.6) is 11.5 Å². The van der Waals surface area contributed by atoms with Crippen LogP contribution < -0.4 is 21.1 Å². The summed E-state index contributed by atoms with van der Waals surface area (Å²) in [4.78, 5) is 36.6. The Balaban J connectivity index is 1.52. The molecule has 0 unspecified atom stereocenters. The fourth-order valence-corrected chi connectivity index (χ4v) is 4.29. The number of hydrogen-bond acceptors (Lipinski definition) is 7. The molecular formula is C30H29N7O4. The molecule has 0 radical (unpaired) electrons. The Labute approximate surface area is 236 Å². The molecule has 0 aliphatic carbocycles. The van der Waals surface area contributed by atoms with Crippen LogP contribution in [0.25, 0.3) is 22.5 Å². The maximum absolute atomic E-state index is 13.9. The maximum atomic E-state index is 13.9. The van der Waals surface area contributed by atoms with Gasteiger partial charge >= 0.3 is 5.69 Å².